The SMILES string of the molecule is FC(F)(F)c1cccc(N2C[C@H]3CC[C@H](NCc4cc5ccccc5[nH]4)[C@H]3C2)n1. The van der Waals surface area contributed by atoms with Crippen molar-refractivity contribution in [1.82, 2.24) is 15.3 Å². The third-order valence-electron chi connectivity index (χ3n) is 6.35. The average Bonchev–Trinajstić information content (AvgIpc) is 3.39. The van der Waals surface area contributed by atoms with Crippen molar-refractivity contribution < 1.29 is 13.2 Å². The Balaban J connectivity index is 1.25. The molecule has 0 amide bonds. The Morgan fingerprint density at radius 2 is 1.93 bits per heavy atom. The zero-order valence-electron chi connectivity index (χ0n) is 15.9. The number of nitrogens with one attached hydrogen (secondary N) is 2. The monoisotopic (exact) mass is 400 g/mol. The first-order valence-electron chi connectivity index (χ1n) is 10.1. The minimum atomic E-state index is -4.41. The van der Waals surface area contributed by atoms with Crippen molar-refractivity contribution in [2.45, 2.75) is 31.6 Å². The second kappa shape index (κ2) is 7.06. The molecule has 0 bridgehead atoms. The summed E-state index contributed by atoms with van der Waals surface area (Å²) in [5, 5.41) is 4.88. The molecule has 3 aromatic rings. The van der Waals surface area contributed by atoms with Crippen molar-refractivity contribution in [3.05, 3.63) is 59.9 Å². The summed E-state index contributed by atoms with van der Waals surface area (Å²) in [5.41, 5.74) is 1.47. The van der Waals surface area contributed by atoms with Gasteiger partial charge in [-0.3, -0.25) is 0 Å². The van der Waals surface area contributed by atoms with Crippen LogP contribution < -0.4 is 10.2 Å². The topological polar surface area (TPSA) is 44.0 Å². The van der Waals surface area contributed by atoms with Gasteiger partial charge in [-0.25, -0.2) is 4.98 Å². The maximum absolute atomic E-state index is 13.0. The molecule has 1 aliphatic carbocycles. The van der Waals surface area contributed by atoms with E-state index in [1.165, 1.54) is 11.5 Å². The van der Waals surface area contributed by atoms with Gasteiger partial charge in [-0.2, -0.15) is 13.2 Å². The van der Waals surface area contributed by atoms with Crippen LogP contribution in [0.25, 0.3) is 10.9 Å². The lowest BCUT2D eigenvalue weighted by molar-refractivity contribution is -0.141. The maximum Gasteiger partial charge on any atom is 0.433 e. The molecule has 3 heterocycles. The lowest BCUT2D eigenvalue weighted by Gasteiger charge is -2.23. The highest BCUT2D eigenvalue weighted by atomic mass is 19.4. The molecule has 7 heteroatoms. The number of pyridine rings is 1. The van der Waals surface area contributed by atoms with Crippen LogP contribution in [0, 0.1) is 11.8 Å². The predicted molar refractivity (Wildman–Crippen MR) is 107 cm³/mol. The van der Waals surface area contributed by atoms with Gasteiger partial charge in [-0.05, 0) is 54.3 Å². The van der Waals surface area contributed by atoms with Crippen LogP contribution in [0.3, 0.4) is 0 Å². The normalized spacial score (nSPS) is 24.4. The molecule has 0 spiro atoms. The van der Waals surface area contributed by atoms with Crippen LogP contribution in [0.1, 0.15) is 24.2 Å². The van der Waals surface area contributed by atoms with Crippen molar-refractivity contribution in [3.8, 4) is 0 Å². The Hall–Kier alpha value is -2.54. The molecule has 1 saturated heterocycles. The van der Waals surface area contributed by atoms with E-state index in [-0.39, 0.29) is 0 Å². The highest BCUT2D eigenvalue weighted by Crippen LogP contribution is 2.40. The van der Waals surface area contributed by atoms with E-state index >= 15 is 0 Å². The van der Waals surface area contributed by atoms with Gasteiger partial charge in [-0.1, -0.05) is 24.3 Å². The first-order valence-corrected chi connectivity index (χ1v) is 10.1. The molecule has 1 aromatic carbocycles. The minimum absolute atomic E-state index is 0.377. The number of hydrogen-bond donors (Lipinski definition) is 2. The number of halogens is 3. The quantitative estimate of drug-likeness (QED) is 0.674. The molecular weight excluding hydrogens is 377 g/mol. The number of para-hydroxylation sites is 1. The molecule has 5 rings (SSSR count). The van der Waals surface area contributed by atoms with E-state index in [0.29, 0.717) is 23.7 Å². The van der Waals surface area contributed by atoms with Gasteiger partial charge in [0.25, 0.3) is 0 Å². The third kappa shape index (κ3) is 3.59. The van der Waals surface area contributed by atoms with E-state index in [1.807, 2.05) is 17.0 Å². The molecule has 2 N–H and O–H groups in total. The number of hydrogen-bond acceptors (Lipinski definition) is 3. The fourth-order valence-electron chi connectivity index (χ4n) is 4.93. The van der Waals surface area contributed by atoms with Crippen LogP contribution in [-0.4, -0.2) is 29.1 Å². The smallest absolute Gasteiger partial charge is 0.357 e. The van der Waals surface area contributed by atoms with Crippen LogP contribution >= 0.6 is 0 Å². The van der Waals surface area contributed by atoms with Gasteiger partial charge in [0.2, 0.25) is 0 Å². The first kappa shape index (κ1) is 18.5. The molecule has 2 fully saturated rings. The first-order chi connectivity index (χ1) is 14.0. The Morgan fingerprint density at radius 3 is 2.76 bits per heavy atom. The van der Waals surface area contributed by atoms with Crippen molar-refractivity contribution in [1.29, 1.82) is 0 Å². The lowest BCUT2D eigenvalue weighted by Crippen LogP contribution is -2.35. The van der Waals surface area contributed by atoms with Crippen LogP contribution in [-0.2, 0) is 12.7 Å². The summed E-state index contributed by atoms with van der Waals surface area (Å²) in [4.78, 5) is 9.33. The molecule has 2 aromatic heterocycles. The fourth-order valence-corrected chi connectivity index (χ4v) is 4.93. The van der Waals surface area contributed by atoms with Gasteiger partial charge in [0, 0.05) is 36.9 Å². The second-order valence-electron chi connectivity index (χ2n) is 8.15. The van der Waals surface area contributed by atoms with Crippen molar-refractivity contribution in [3.63, 3.8) is 0 Å². The van der Waals surface area contributed by atoms with E-state index < -0.39 is 11.9 Å². The number of aromatic nitrogens is 2. The summed E-state index contributed by atoms with van der Waals surface area (Å²) in [6.45, 7) is 2.30. The molecule has 3 atom stereocenters. The molecular formula is C22H23F3N4. The zero-order valence-corrected chi connectivity index (χ0v) is 15.9. The van der Waals surface area contributed by atoms with Gasteiger partial charge in [0.15, 0.2) is 0 Å². The molecule has 152 valence electrons. The summed E-state index contributed by atoms with van der Waals surface area (Å²) in [5.74, 6) is 1.38. The standard InChI is InChI=1S/C22H23F3N4/c23-22(24,25)20-6-3-7-21(28-20)29-12-15-8-9-19(17(15)13-29)26-11-16-10-14-4-1-2-5-18(14)27-16/h1-7,10,15,17,19,26-27H,8-9,11-13H2/t15-,17+,19+/m1/s1. The number of H-pyrrole nitrogens is 1. The molecule has 1 aliphatic heterocycles. The lowest BCUT2D eigenvalue weighted by atomic mass is 9.98. The summed E-state index contributed by atoms with van der Waals surface area (Å²) in [6, 6.07) is 14.9. The fraction of sp³-hybridized carbons (Fsp3) is 0.409. The van der Waals surface area contributed by atoms with Crippen LogP contribution in [0.2, 0.25) is 0 Å². The van der Waals surface area contributed by atoms with Gasteiger partial charge < -0.3 is 15.2 Å². The van der Waals surface area contributed by atoms with E-state index in [9.17, 15) is 13.2 Å². The average molecular weight is 400 g/mol. The molecule has 2 aliphatic rings. The van der Waals surface area contributed by atoms with Crippen LogP contribution in [0.5, 0.6) is 0 Å². The van der Waals surface area contributed by atoms with Crippen LogP contribution in [0.4, 0.5) is 19.0 Å². The number of aromatic amines is 1. The number of benzene rings is 1. The van der Waals surface area contributed by atoms with Gasteiger partial charge >= 0.3 is 6.18 Å². The molecule has 4 nitrogen and oxygen atoms in total. The van der Waals surface area contributed by atoms with Gasteiger partial charge in [0.05, 0.1) is 0 Å². The predicted octanol–water partition coefficient (Wildman–Crippen LogP) is 4.59. The van der Waals surface area contributed by atoms with E-state index in [1.54, 1.807) is 6.07 Å². The number of fused-ring (bicyclic) bond motifs is 2. The van der Waals surface area contributed by atoms with Crippen LogP contribution in [0.15, 0.2) is 48.5 Å². The Labute approximate surface area is 167 Å². The second-order valence-corrected chi connectivity index (χ2v) is 8.15. The molecule has 0 radical (unpaired) electrons. The van der Waals surface area contributed by atoms with Crippen molar-refractivity contribution in [2.75, 3.05) is 18.0 Å². The largest absolute Gasteiger partial charge is 0.433 e. The molecule has 1 saturated carbocycles. The van der Waals surface area contributed by atoms with E-state index in [2.05, 4.69) is 33.5 Å². The Kier molecular flexibility index (Phi) is 4.50. The van der Waals surface area contributed by atoms with E-state index in [0.717, 1.165) is 49.8 Å². The Morgan fingerprint density at radius 1 is 1.07 bits per heavy atom. The summed E-state index contributed by atoms with van der Waals surface area (Å²) < 4.78 is 39.0. The molecule has 0 unspecified atom stereocenters. The number of anilines is 1. The summed E-state index contributed by atoms with van der Waals surface area (Å²) in [6.07, 6.45) is -2.20. The third-order valence-corrected chi connectivity index (χ3v) is 6.35. The zero-order chi connectivity index (χ0) is 20.0. The number of rotatable bonds is 4. The van der Waals surface area contributed by atoms with Gasteiger partial charge in [-0.15, -0.1) is 0 Å². The number of nitrogens with zero attached hydrogens (tertiary/aromatic N) is 2. The highest BCUT2D eigenvalue weighted by Gasteiger charge is 2.43. The summed E-state index contributed by atoms with van der Waals surface area (Å²) in [7, 11) is 0. The van der Waals surface area contributed by atoms with Crippen molar-refractivity contribution in [2.24, 2.45) is 11.8 Å². The Bertz CT molecular complexity index is 979. The van der Waals surface area contributed by atoms with Gasteiger partial charge in [0.1, 0.15) is 11.5 Å². The number of alkyl halides is 3. The maximum atomic E-state index is 13.0. The summed E-state index contributed by atoms with van der Waals surface area (Å²) >= 11 is 0. The van der Waals surface area contributed by atoms with E-state index in [4.69, 9.17) is 0 Å². The van der Waals surface area contributed by atoms with Crippen molar-refractivity contribution >= 4 is 16.7 Å². The minimum Gasteiger partial charge on any atom is -0.357 e. The molecule has 29 heavy (non-hydrogen) atoms. The highest BCUT2D eigenvalue weighted by molar-refractivity contribution is 5.80.